The van der Waals surface area contributed by atoms with Crippen molar-refractivity contribution in [3.05, 3.63) is 12.2 Å². The van der Waals surface area contributed by atoms with E-state index in [1.165, 1.54) is 0 Å². The number of hydrogen-bond donors (Lipinski definition) is 3. The third kappa shape index (κ3) is 5.27. The molecule has 0 bridgehead atoms. The Morgan fingerprint density at radius 3 is 2.50 bits per heavy atom. The van der Waals surface area contributed by atoms with Gasteiger partial charge in [-0.25, -0.2) is 0 Å². The predicted octanol–water partition coefficient (Wildman–Crippen LogP) is -0.792. The van der Waals surface area contributed by atoms with Crippen LogP contribution in [0.5, 0.6) is 0 Å². The minimum Gasteiger partial charge on any atom is -0.483 e. The van der Waals surface area contributed by atoms with E-state index in [0.29, 0.717) is 6.54 Å². The first-order valence-corrected chi connectivity index (χ1v) is 2.94. The fourth-order valence-corrected chi connectivity index (χ4v) is 0.608. The zero-order chi connectivity index (χ0) is 7.82. The van der Waals surface area contributed by atoms with Crippen molar-refractivity contribution in [3.63, 3.8) is 0 Å². The highest BCUT2D eigenvalue weighted by Crippen LogP contribution is 1.87. The van der Waals surface area contributed by atoms with E-state index in [-0.39, 0.29) is 12.6 Å². The van der Waals surface area contributed by atoms with Crippen LogP contribution in [0.4, 0.5) is 0 Å². The molecule has 4 nitrogen and oxygen atoms in total. The van der Waals surface area contributed by atoms with E-state index in [4.69, 9.17) is 15.0 Å². The summed E-state index contributed by atoms with van der Waals surface area (Å²) in [5, 5.41) is 18.6. The monoisotopic (exact) mass is 145 g/mol. The summed E-state index contributed by atoms with van der Waals surface area (Å²) in [4.78, 5) is 8.36. The largest absolute Gasteiger partial charge is 0.483 e. The molecule has 1 aliphatic heterocycles. The normalized spacial score (nSPS) is 22.7. The molecule has 0 aromatic rings. The second-order valence-corrected chi connectivity index (χ2v) is 1.76. The molecule has 0 fully saturated rings. The third-order valence-electron chi connectivity index (χ3n) is 0.974. The summed E-state index contributed by atoms with van der Waals surface area (Å²) in [5.74, 6) is 0. The van der Waals surface area contributed by atoms with Gasteiger partial charge in [-0.2, -0.15) is 0 Å². The van der Waals surface area contributed by atoms with Crippen molar-refractivity contribution in [2.45, 2.75) is 6.10 Å². The molecule has 0 aliphatic carbocycles. The average Bonchev–Trinajstić information content (AvgIpc) is 1.91. The smallest absolute Gasteiger partial charge is 0.290 e. The summed E-state index contributed by atoms with van der Waals surface area (Å²) in [7, 11) is 0. The molecule has 0 aromatic carbocycles. The zero-order valence-electron chi connectivity index (χ0n) is 5.53. The molecule has 10 heavy (non-hydrogen) atoms. The first-order chi connectivity index (χ1) is 4.81. The standard InChI is InChI=1S/C5H9NO.CH2O2/c7-5-2-1-3-6-4-5;2-1-3/h1-2,5-7H,3-4H2;1H,(H,2,3). The van der Waals surface area contributed by atoms with E-state index in [1.807, 2.05) is 6.08 Å². The second-order valence-electron chi connectivity index (χ2n) is 1.76. The first kappa shape index (κ1) is 9.13. The van der Waals surface area contributed by atoms with Crippen molar-refractivity contribution in [1.82, 2.24) is 5.32 Å². The van der Waals surface area contributed by atoms with Crippen molar-refractivity contribution in [2.24, 2.45) is 0 Å². The Bertz CT molecular complexity index is 114. The van der Waals surface area contributed by atoms with Gasteiger partial charge in [0.1, 0.15) is 0 Å². The predicted molar refractivity (Wildman–Crippen MR) is 36.7 cm³/mol. The summed E-state index contributed by atoms with van der Waals surface area (Å²) >= 11 is 0. The van der Waals surface area contributed by atoms with Crippen LogP contribution in [0.15, 0.2) is 12.2 Å². The Labute approximate surface area is 59.2 Å². The molecular formula is C6H11NO3. The van der Waals surface area contributed by atoms with Gasteiger partial charge in [-0.1, -0.05) is 12.2 Å². The number of carbonyl (C=O) groups is 1. The maximum Gasteiger partial charge on any atom is 0.290 e. The van der Waals surface area contributed by atoms with Gasteiger partial charge in [0.25, 0.3) is 6.47 Å². The topological polar surface area (TPSA) is 69.6 Å². The van der Waals surface area contributed by atoms with Gasteiger partial charge in [0.05, 0.1) is 6.10 Å². The minimum absolute atomic E-state index is 0.250. The van der Waals surface area contributed by atoms with Gasteiger partial charge >= 0.3 is 0 Å². The molecule has 3 N–H and O–H groups in total. The maximum absolute atomic E-state index is 8.76. The van der Waals surface area contributed by atoms with Crippen LogP contribution >= 0.6 is 0 Å². The van der Waals surface area contributed by atoms with E-state index < -0.39 is 0 Å². The highest BCUT2D eigenvalue weighted by molar-refractivity contribution is 5.32. The van der Waals surface area contributed by atoms with Gasteiger partial charge in [0, 0.05) is 13.1 Å². The molecule has 0 spiro atoms. The minimum atomic E-state index is -0.256. The number of hydrogen-bond acceptors (Lipinski definition) is 3. The van der Waals surface area contributed by atoms with Crippen LogP contribution in [0, 0.1) is 0 Å². The fraction of sp³-hybridized carbons (Fsp3) is 0.500. The Hall–Kier alpha value is -0.870. The lowest BCUT2D eigenvalue weighted by Gasteiger charge is -2.09. The van der Waals surface area contributed by atoms with E-state index in [2.05, 4.69) is 5.32 Å². The molecule has 1 unspecified atom stereocenters. The van der Waals surface area contributed by atoms with Gasteiger partial charge in [-0.05, 0) is 0 Å². The van der Waals surface area contributed by atoms with Crippen molar-refractivity contribution in [3.8, 4) is 0 Å². The Morgan fingerprint density at radius 2 is 2.30 bits per heavy atom. The maximum atomic E-state index is 8.76. The molecule has 0 saturated heterocycles. The van der Waals surface area contributed by atoms with Crippen LogP contribution in [0.3, 0.4) is 0 Å². The summed E-state index contributed by atoms with van der Waals surface area (Å²) in [6.45, 7) is 1.35. The van der Waals surface area contributed by atoms with Crippen molar-refractivity contribution in [1.29, 1.82) is 0 Å². The van der Waals surface area contributed by atoms with Crippen molar-refractivity contribution >= 4 is 6.47 Å². The molecule has 1 aliphatic rings. The molecule has 0 aromatic heterocycles. The molecule has 4 heteroatoms. The summed E-state index contributed by atoms with van der Waals surface area (Å²) in [6.07, 6.45) is 3.47. The molecular weight excluding hydrogens is 134 g/mol. The Morgan fingerprint density at radius 1 is 1.70 bits per heavy atom. The highest BCUT2D eigenvalue weighted by Gasteiger charge is 1.99. The lowest BCUT2D eigenvalue weighted by atomic mass is 10.2. The summed E-state index contributed by atoms with van der Waals surface area (Å²) in [5.41, 5.74) is 0. The van der Waals surface area contributed by atoms with Gasteiger partial charge in [-0.15, -0.1) is 0 Å². The van der Waals surface area contributed by atoms with Gasteiger partial charge in [0.15, 0.2) is 0 Å². The SMILES string of the molecule is O=CO.OC1C=CCNC1. The lowest BCUT2D eigenvalue weighted by molar-refractivity contribution is -0.122. The van der Waals surface area contributed by atoms with E-state index >= 15 is 0 Å². The highest BCUT2D eigenvalue weighted by atomic mass is 16.3. The van der Waals surface area contributed by atoms with Crippen molar-refractivity contribution in [2.75, 3.05) is 13.1 Å². The number of β-amino-alcohol motifs (C(OH)–C–C–N with tert-alkyl or cyclic N) is 1. The molecule has 0 saturated carbocycles. The van der Waals surface area contributed by atoms with Crippen LogP contribution in [0.25, 0.3) is 0 Å². The molecule has 0 radical (unpaired) electrons. The average molecular weight is 145 g/mol. The van der Waals surface area contributed by atoms with E-state index in [1.54, 1.807) is 6.08 Å². The Balaban J connectivity index is 0.000000236. The van der Waals surface area contributed by atoms with E-state index in [9.17, 15) is 0 Å². The summed E-state index contributed by atoms with van der Waals surface area (Å²) < 4.78 is 0. The zero-order valence-corrected chi connectivity index (χ0v) is 5.53. The van der Waals surface area contributed by atoms with Crippen LogP contribution < -0.4 is 5.32 Å². The molecule has 58 valence electrons. The summed E-state index contributed by atoms with van der Waals surface area (Å²) in [6, 6.07) is 0. The Kier molecular flexibility index (Phi) is 5.71. The van der Waals surface area contributed by atoms with E-state index in [0.717, 1.165) is 6.54 Å². The fourth-order valence-electron chi connectivity index (χ4n) is 0.608. The quantitative estimate of drug-likeness (QED) is 0.308. The molecule has 0 amide bonds. The number of aliphatic hydroxyl groups is 1. The van der Waals surface area contributed by atoms with Crippen LogP contribution in [-0.2, 0) is 4.79 Å². The van der Waals surface area contributed by atoms with Crippen LogP contribution in [0.1, 0.15) is 0 Å². The lowest BCUT2D eigenvalue weighted by Crippen LogP contribution is -2.29. The third-order valence-corrected chi connectivity index (χ3v) is 0.974. The molecule has 1 atom stereocenters. The van der Waals surface area contributed by atoms with Crippen molar-refractivity contribution < 1.29 is 15.0 Å². The number of rotatable bonds is 0. The van der Waals surface area contributed by atoms with Crippen LogP contribution in [-0.4, -0.2) is 35.9 Å². The number of carboxylic acid groups (broad SMARTS) is 1. The van der Waals surface area contributed by atoms with Gasteiger partial charge in [0.2, 0.25) is 0 Å². The van der Waals surface area contributed by atoms with Gasteiger partial charge < -0.3 is 15.5 Å². The van der Waals surface area contributed by atoms with Crippen LogP contribution in [0.2, 0.25) is 0 Å². The molecule has 1 heterocycles. The number of nitrogens with one attached hydrogen (secondary N) is 1. The number of aliphatic hydroxyl groups excluding tert-OH is 1. The molecule has 1 rings (SSSR count). The second kappa shape index (κ2) is 6.25. The first-order valence-electron chi connectivity index (χ1n) is 2.94. The van der Waals surface area contributed by atoms with Gasteiger partial charge in [-0.3, -0.25) is 4.79 Å².